The fraction of sp³-hybridized carbons (Fsp3) is 0.364. The van der Waals surface area contributed by atoms with Gasteiger partial charge in [-0.25, -0.2) is 0 Å². The van der Waals surface area contributed by atoms with Crippen LogP contribution in [-0.4, -0.2) is 23.5 Å². The fourth-order valence-corrected chi connectivity index (χ4v) is 1.66. The molecule has 5 nitrogen and oxygen atoms in total. The van der Waals surface area contributed by atoms with Crippen LogP contribution in [0.4, 0.5) is 0 Å². The molecule has 0 aromatic carbocycles. The largest absolute Gasteiger partial charge is 0.489 e. The van der Waals surface area contributed by atoms with Crippen molar-refractivity contribution in [2.45, 2.75) is 19.4 Å². The molecule has 0 spiro atoms. The van der Waals surface area contributed by atoms with Gasteiger partial charge in [-0.05, 0) is 35.9 Å². The number of hydrogen-bond donors (Lipinski definition) is 4. The van der Waals surface area contributed by atoms with Gasteiger partial charge in [0.05, 0.1) is 17.0 Å². The van der Waals surface area contributed by atoms with Crippen molar-refractivity contribution < 1.29 is 9.84 Å². The zero-order valence-electron chi connectivity index (χ0n) is 9.75. The van der Waals surface area contributed by atoms with E-state index in [-0.39, 0.29) is 6.61 Å². The van der Waals surface area contributed by atoms with Gasteiger partial charge < -0.3 is 26.3 Å². The molecular formula is C11H16BrN3O2. The van der Waals surface area contributed by atoms with E-state index in [9.17, 15) is 5.11 Å². The van der Waals surface area contributed by atoms with Crippen molar-refractivity contribution in [1.82, 2.24) is 5.32 Å². The Labute approximate surface area is 109 Å². The lowest BCUT2D eigenvalue weighted by Crippen LogP contribution is -2.26. The first-order chi connectivity index (χ1) is 7.83. The van der Waals surface area contributed by atoms with Gasteiger partial charge in [-0.1, -0.05) is 0 Å². The van der Waals surface area contributed by atoms with E-state index in [1.165, 1.54) is 0 Å². The van der Waals surface area contributed by atoms with Crippen LogP contribution in [0.2, 0.25) is 0 Å². The highest BCUT2D eigenvalue weighted by molar-refractivity contribution is 9.12. The summed E-state index contributed by atoms with van der Waals surface area (Å²) in [6.07, 6.45) is 4.42. The van der Waals surface area contributed by atoms with Crippen molar-refractivity contribution in [2.24, 2.45) is 5.73 Å². The zero-order chi connectivity index (χ0) is 13.1. The van der Waals surface area contributed by atoms with Gasteiger partial charge in [0.1, 0.15) is 12.4 Å². The normalized spacial score (nSPS) is 18.8. The maximum atomic E-state index is 9.53. The molecule has 0 radical (unpaired) electrons. The van der Waals surface area contributed by atoms with Gasteiger partial charge >= 0.3 is 0 Å². The minimum Gasteiger partial charge on any atom is -0.489 e. The molecule has 17 heavy (non-hydrogen) atoms. The molecule has 6 heteroatoms. The standard InChI is InChI=1S/C11H16BrN3O2/c1-11(2,16)6-17-7-3-8(12)10(15-5-7)9(14)4-13/h3-5,13,15-16H,6,14H2,1-2H3/b10-9+,13-4?. The molecule has 0 saturated heterocycles. The zero-order valence-corrected chi connectivity index (χ0v) is 11.3. The smallest absolute Gasteiger partial charge is 0.136 e. The van der Waals surface area contributed by atoms with E-state index in [1.807, 2.05) is 0 Å². The molecule has 0 bridgehead atoms. The summed E-state index contributed by atoms with van der Waals surface area (Å²) < 4.78 is 6.10. The van der Waals surface area contributed by atoms with Crippen molar-refractivity contribution in [3.05, 3.63) is 33.9 Å². The summed E-state index contributed by atoms with van der Waals surface area (Å²) in [7, 11) is 0. The molecule has 0 amide bonds. The number of dihydropyridines is 1. The SMILES string of the molecule is CC(C)(O)COC1=CN/C(=C(/N)C=N)C(Br)=C1. The van der Waals surface area contributed by atoms with Crippen LogP contribution in [0.15, 0.2) is 33.9 Å². The van der Waals surface area contributed by atoms with Crippen LogP contribution in [-0.2, 0) is 4.74 Å². The van der Waals surface area contributed by atoms with E-state index >= 15 is 0 Å². The molecule has 1 heterocycles. The average Bonchev–Trinajstić information content (AvgIpc) is 2.24. The lowest BCUT2D eigenvalue weighted by atomic mass is 10.2. The molecule has 0 saturated carbocycles. The summed E-state index contributed by atoms with van der Waals surface area (Å²) in [4.78, 5) is 0. The Hall–Kier alpha value is -1.27. The van der Waals surface area contributed by atoms with E-state index in [0.717, 1.165) is 6.21 Å². The Morgan fingerprint density at radius 3 is 2.82 bits per heavy atom. The molecule has 94 valence electrons. The van der Waals surface area contributed by atoms with Crippen LogP contribution < -0.4 is 11.1 Å². The molecule has 1 aliphatic heterocycles. The van der Waals surface area contributed by atoms with E-state index in [0.29, 0.717) is 21.6 Å². The topological polar surface area (TPSA) is 91.4 Å². The third-order valence-electron chi connectivity index (χ3n) is 1.90. The minimum absolute atomic E-state index is 0.191. The summed E-state index contributed by atoms with van der Waals surface area (Å²) >= 11 is 3.33. The molecule has 1 rings (SSSR count). The van der Waals surface area contributed by atoms with E-state index in [4.69, 9.17) is 15.9 Å². The van der Waals surface area contributed by atoms with E-state index in [1.54, 1.807) is 26.1 Å². The van der Waals surface area contributed by atoms with Crippen LogP contribution in [0, 0.1) is 5.41 Å². The Kier molecular flexibility index (Phi) is 4.36. The molecule has 0 aromatic heterocycles. The lowest BCUT2D eigenvalue weighted by Gasteiger charge is -2.21. The fourth-order valence-electron chi connectivity index (χ4n) is 1.09. The van der Waals surface area contributed by atoms with Crippen LogP contribution in [0.3, 0.4) is 0 Å². The van der Waals surface area contributed by atoms with E-state index < -0.39 is 5.60 Å². The molecule has 5 N–H and O–H groups in total. The van der Waals surface area contributed by atoms with Crippen molar-refractivity contribution in [3.63, 3.8) is 0 Å². The molecule has 0 aliphatic carbocycles. The number of allylic oxidation sites excluding steroid dienone is 3. The predicted molar refractivity (Wildman–Crippen MR) is 70.5 cm³/mol. The van der Waals surface area contributed by atoms with Gasteiger partial charge in [-0.15, -0.1) is 0 Å². The maximum Gasteiger partial charge on any atom is 0.136 e. The number of rotatable bonds is 4. The number of nitrogens with two attached hydrogens (primary N) is 1. The highest BCUT2D eigenvalue weighted by Crippen LogP contribution is 2.23. The minimum atomic E-state index is -0.884. The van der Waals surface area contributed by atoms with Gasteiger partial charge in [-0.2, -0.15) is 0 Å². The van der Waals surface area contributed by atoms with Crippen LogP contribution in [0.5, 0.6) is 0 Å². The van der Waals surface area contributed by atoms with Crippen LogP contribution in [0.1, 0.15) is 13.8 Å². The van der Waals surface area contributed by atoms with Crippen LogP contribution >= 0.6 is 15.9 Å². The summed E-state index contributed by atoms with van der Waals surface area (Å²) in [6.45, 7) is 3.53. The van der Waals surface area contributed by atoms with Gasteiger partial charge in [0.25, 0.3) is 0 Å². The van der Waals surface area contributed by atoms with Gasteiger partial charge in [0.15, 0.2) is 0 Å². The predicted octanol–water partition coefficient (Wildman–Crippen LogP) is 1.32. The van der Waals surface area contributed by atoms with Gasteiger partial charge in [0.2, 0.25) is 0 Å². The molecule has 0 atom stereocenters. The first-order valence-electron chi connectivity index (χ1n) is 5.03. The van der Waals surface area contributed by atoms with Crippen molar-refractivity contribution in [1.29, 1.82) is 5.41 Å². The van der Waals surface area contributed by atoms with E-state index in [2.05, 4.69) is 21.2 Å². The number of ether oxygens (including phenoxy) is 1. The van der Waals surface area contributed by atoms with Crippen molar-refractivity contribution >= 4 is 22.1 Å². The van der Waals surface area contributed by atoms with Crippen LogP contribution in [0.25, 0.3) is 0 Å². The van der Waals surface area contributed by atoms with Crippen molar-refractivity contribution in [3.8, 4) is 0 Å². The second kappa shape index (κ2) is 5.37. The maximum absolute atomic E-state index is 9.53. The first-order valence-corrected chi connectivity index (χ1v) is 5.82. The Bertz CT molecular complexity index is 405. The molecule has 0 unspecified atom stereocenters. The van der Waals surface area contributed by atoms with Crippen molar-refractivity contribution in [2.75, 3.05) is 6.61 Å². The summed E-state index contributed by atoms with van der Waals surface area (Å²) in [5.41, 5.74) is 5.68. The lowest BCUT2D eigenvalue weighted by molar-refractivity contribution is 0.00541. The number of hydrogen-bond acceptors (Lipinski definition) is 5. The first kappa shape index (κ1) is 13.8. The Morgan fingerprint density at radius 2 is 2.35 bits per heavy atom. The molecule has 0 aromatic rings. The highest BCUT2D eigenvalue weighted by atomic mass is 79.9. The number of aliphatic hydroxyl groups is 1. The Morgan fingerprint density at radius 1 is 1.71 bits per heavy atom. The van der Waals surface area contributed by atoms with Gasteiger partial charge in [-0.3, -0.25) is 0 Å². The number of halogens is 1. The molecule has 0 fully saturated rings. The average molecular weight is 302 g/mol. The monoisotopic (exact) mass is 301 g/mol. The second-order valence-electron chi connectivity index (χ2n) is 4.26. The number of nitrogens with one attached hydrogen (secondary N) is 2. The third kappa shape index (κ3) is 4.24. The second-order valence-corrected chi connectivity index (χ2v) is 5.11. The third-order valence-corrected chi connectivity index (χ3v) is 2.53. The summed E-state index contributed by atoms with van der Waals surface area (Å²) in [6, 6.07) is 0. The molecule has 1 aliphatic rings. The van der Waals surface area contributed by atoms with Gasteiger partial charge in [0, 0.05) is 16.9 Å². The molecular weight excluding hydrogens is 286 g/mol. The summed E-state index contributed by atoms with van der Waals surface area (Å²) in [5, 5.41) is 19.5. The highest BCUT2D eigenvalue weighted by Gasteiger charge is 2.16. The quantitative estimate of drug-likeness (QED) is 0.589. The summed E-state index contributed by atoms with van der Waals surface area (Å²) in [5.74, 6) is 0.584. The Balaban J connectivity index is 2.72.